The van der Waals surface area contributed by atoms with Gasteiger partial charge in [0, 0.05) is 25.5 Å². The van der Waals surface area contributed by atoms with E-state index >= 15 is 0 Å². The van der Waals surface area contributed by atoms with E-state index in [1.165, 1.54) is 25.7 Å². The Kier molecular flexibility index (Phi) is 3.26. The highest BCUT2D eigenvalue weighted by Gasteiger charge is 2.17. The third-order valence-electron chi connectivity index (χ3n) is 3.24. The van der Waals surface area contributed by atoms with Crippen LogP contribution >= 0.6 is 0 Å². The fraction of sp³-hybridized carbons (Fsp3) is 0.500. The molecule has 19 heavy (non-hydrogen) atoms. The van der Waals surface area contributed by atoms with Gasteiger partial charge in [0.1, 0.15) is 0 Å². The van der Waals surface area contributed by atoms with E-state index in [4.69, 9.17) is 0 Å². The van der Waals surface area contributed by atoms with E-state index in [1.807, 2.05) is 12.3 Å². The van der Waals surface area contributed by atoms with E-state index in [-0.39, 0.29) is 0 Å². The average molecular weight is 259 g/mol. The van der Waals surface area contributed by atoms with Crippen molar-refractivity contribution in [1.82, 2.24) is 24.7 Å². The predicted molar refractivity (Wildman–Crippen MR) is 72.4 cm³/mol. The van der Waals surface area contributed by atoms with Crippen LogP contribution in [0.2, 0.25) is 0 Å². The highest BCUT2D eigenvalue weighted by Crippen LogP contribution is 2.21. The van der Waals surface area contributed by atoms with Crippen LogP contribution in [0.5, 0.6) is 0 Å². The molecule has 0 saturated heterocycles. The lowest BCUT2D eigenvalue weighted by Crippen LogP contribution is -2.18. The molecule has 2 heterocycles. The van der Waals surface area contributed by atoms with Gasteiger partial charge in [-0.15, -0.1) is 0 Å². The van der Waals surface area contributed by atoms with Gasteiger partial charge in [-0.25, -0.2) is 4.68 Å². The second-order valence-electron chi connectivity index (χ2n) is 4.61. The van der Waals surface area contributed by atoms with Crippen LogP contribution in [0.25, 0.3) is 5.95 Å². The van der Waals surface area contributed by atoms with Crippen LogP contribution in [-0.2, 0) is 0 Å². The minimum Gasteiger partial charge on any atom is -0.357 e. The Morgan fingerprint density at radius 1 is 1.16 bits per heavy atom. The predicted octanol–water partition coefficient (Wildman–Crippen LogP) is 1.45. The molecule has 3 rings (SSSR count). The van der Waals surface area contributed by atoms with Crippen molar-refractivity contribution >= 4 is 11.9 Å². The molecular weight excluding hydrogens is 242 g/mol. The van der Waals surface area contributed by atoms with Crippen molar-refractivity contribution in [2.45, 2.75) is 31.7 Å². The monoisotopic (exact) mass is 259 g/mol. The molecule has 2 aromatic rings. The zero-order chi connectivity index (χ0) is 13.1. The van der Waals surface area contributed by atoms with Crippen molar-refractivity contribution in [3.63, 3.8) is 0 Å². The largest absolute Gasteiger partial charge is 0.357 e. The molecule has 1 fully saturated rings. The zero-order valence-electron chi connectivity index (χ0n) is 10.9. The van der Waals surface area contributed by atoms with Crippen LogP contribution < -0.4 is 10.6 Å². The third-order valence-corrected chi connectivity index (χ3v) is 3.24. The lowest BCUT2D eigenvalue weighted by atomic mass is 10.3. The Morgan fingerprint density at radius 3 is 2.63 bits per heavy atom. The Hall–Kier alpha value is -2.18. The molecule has 0 radical (unpaired) electrons. The molecule has 0 amide bonds. The van der Waals surface area contributed by atoms with E-state index in [2.05, 4.69) is 30.7 Å². The second kappa shape index (κ2) is 5.21. The molecule has 100 valence electrons. The van der Waals surface area contributed by atoms with Crippen LogP contribution in [0.15, 0.2) is 18.5 Å². The number of hydrogen-bond acceptors (Lipinski definition) is 6. The summed E-state index contributed by atoms with van der Waals surface area (Å²) in [5, 5.41) is 10.5. The first-order chi connectivity index (χ1) is 9.35. The molecule has 1 saturated carbocycles. The first kappa shape index (κ1) is 11.9. The molecule has 1 aliphatic carbocycles. The first-order valence-corrected chi connectivity index (χ1v) is 6.55. The first-order valence-electron chi connectivity index (χ1n) is 6.55. The van der Waals surface area contributed by atoms with Gasteiger partial charge in [0.15, 0.2) is 0 Å². The normalized spacial score (nSPS) is 15.6. The van der Waals surface area contributed by atoms with Gasteiger partial charge in [-0.05, 0) is 18.9 Å². The Balaban J connectivity index is 1.88. The molecule has 0 aliphatic heterocycles. The molecular formula is C12H17N7. The van der Waals surface area contributed by atoms with Gasteiger partial charge in [-0.3, -0.25) is 0 Å². The minimum atomic E-state index is 0.470. The van der Waals surface area contributed by atoms with Crippen molar-refractivity contribution in [3.8, 4) is 5.95 Å². The molecule has 0 bridgehead atoms. The molecule has 0 spiro atoms. The number of hydrogen-bond donors (Lipinski definition) is 2. The number of aromatic nitrogens is 5. The van der Waals surface area contributed by atoms with Crippen molar-refractivity contribution in [1.29, 1.82) is 0 Å². The van der Waals surface area contributed by atoms with Crippen molar-refractivity contribution in [2.24, 2.45) is 0 Å². The summed E-state index contributed by atoms with van der Waals surface area (Å²) in [4.78, 5) is 13.1. The molecule has 7 heteroatoms. The van der Waals surface area contributed by atoms with Crippen LogP contribution in [-0.4, -0.2) is 37.8 Å². The third kappa shape index (κ3) is 2.64. The van der Waals surface area contributed by atoms with Gasteiger partial charge in [0.05, 0.1) is 0 Å². The fourth-order valence-electron chi connectivity index (χ4n) is 2.28. The van der Waals surface area contributed by atoms with Gasteiger partial charge in [0.2, 0.25) is 11.9 Å². The number of nitrogens with zero attached hydrogens (tertiary/aromatic N) is 5. The topological polar surface area (TPSA) is 80.5 Å². The van der Waals surface area contributed by atoms with Crippen molar-refractivity contribution in [2.75, 3.05) is 17.7 Å². The van der Waals surface area contributed by atoms with E-state index in [0.717, 1.165) is 0 Å². The summed E-state index contributed by atoms with van der Waals surface area (Å²) in [5.41, 5.74) is 0. The fourth-order valence-corrected chi connectivity index (χ4v) is 2.28. The standard InChI is InChI=1S/C12H17N7/c1-13-10-16-11(15-9-5-2-3-6-9)18-12(17-10)19-8-4-7-14-19/h4,7-9H,2-3,5-6H2,1H3,(H2,13,15,16,17,18). The zero-order valence-corrected chi connectivity index (χ0v) is 10.9. The summed E-state index contributed by atoms with van der Waals surface area (Å²) in [7, 11) is 1.79. The minimum absolute atomic E-state index is 0.470. The van der Waals surface area contributed by atoms with Gasteiger partial charge in [0.25, 0.3) is 5.95 Å². The maximum absolute atomic E-state index is 4.41. The van der Waals surface area contributed by atoms with Gasteiger partial charge < -0.3 is 10.6 Å². The second-order valence-corrected chi connectivity index (χ2v) is 4.61. The maximum Gasteiger partial charge on any atom is 0.257 e. The molecule has 2 N–H and O–H groups in total. The van der Waals surface area contributed by atoms with Gasteiger partial charge >= 0.3 is 0 Å². The lowest BCUT2D eigenvalue weighted by Gasteiger charge is -2.13. The molecule has 7 nitrogen and oxygen atoms in total. The summed E-state index contributed by atoms with van der Waals surface area (Å²) in [6.45, 7) is 0. The van der Waals surface area contributed by atoms with Crippen molar-refractivity contribution in [3.05, 3.63) is 18.5 Å². The summed E-state index contributed by atoms with van der Waals surface area (Å²) in [5.74, 6) is 1.67. The summed E-state index contributed by atoms with van der Waals surface area (Å²) in [6.07, 6.45) is 8.41. The van der Waals surface area contributed by atoms with Crippen LogP contribution in [0, 0.1) is 0 Å². The molecule has 2 aromatic heterocycles. The molecule has 0 unspecified atom stereocenters. The average Bonchev–Trinajstić information content (AvgIpc) is 3.11. The number of rotatable bonds is 4. The highest BCUT2D eigenvalue weighted by molar-refractivity contribution is 5.38. The highest BCUT2D eigenvalue weighted by atomic mass is 15.4. The Labute approximate surface area is 111 Å². The molecule has 0 atom stereocenters. The maximum atomic E-state index is 4.41. The summed E-state index contributed by atoms with van der Waals surface area (Å²) >= 11 is 0. The Morgan fingerprint density at radius 2 is 1.95 bits per heavy atom. The van der Waals surface area contributed by atoms with E-state index < -0.39 is 0 Å². The number of anilines is 2. The quantitative estimate of drug-likeness (QED) is 0.865. The lowest BCUT2D eigenvalue weighted by molar-refractivity contribution is 0.733. The van der Waals surface area contributed by atoms with E-state index in [1.54, 1.807) is 17.9 Å². The summed E-state index contributed by atoms with van der Waals surface area (Å²) < 4.78 is 1.63. The van der Waals surface area contributed by atoms with E-state index in [9.17, 15) is 0 Å². The molecule has 1 aliphatic rings. The van der Waals surface area contributed by atoms with Gasteiger partial charge in [-0.1, -0.05) is 12.8 Å². The van der Waals surface area contributed by atoms with Crippen LogP contribution in [0.1, 0.15) is 25.7 Å². The van der Waals surface area contributed by atoms with Crippen LogP contribution in [0.4, 0.5) is 11.9 Å². The SMILES string of the molecule is CNc1nc(NC2CCCC2)nc(-n2cccn2)n1. The van der Waals surface area contributed by atoms with Gasteiger partial charge in [-0.2, -0.15) is 20.1 Å². The van der Waals surface area contributed by atoms with E-state index in [0.29, 0.717) is 23.9 Å². The van der Waals surface area contributed by atoms with Crippen LogP contribution in [0.3, 0.4) is 0 Å². The Bertz CT molecular complexity index is 531. The smallest absolute Gasteiger partial charge is 0.257 e. The number of nitrogens with one attached hydrogen (secondary N) is 2. The van der Waals surface area contributed by atoms with Crippen molar-refractivity contribution < 1.29 is 0 Å². The summed E-state index contributed by atoms with van der Waals surface area (Å²) in [6, 6.07) is 2.31. The molecule has 0 aromatic carbocycles.